The van der Waals surface area contributed by atoms with Gasteiger partial charge in [0, 0.05) is 22.0 Å². The number of anilines is 1. The van der Waals surface area contributed by atoms with Gasteiger partial charge in [-0.15, -0.1) is 10.2 Å². The van der Waals surface area contributed by atoms with Crippen LogP contribution in [0, 0.1) is 0 Å². The molecule has 1 aromatic heterocycles. The molecule has 8 nitrogen and oxygen atoms in total. The van der Waals surface area contributed by atoms with E-state index in [-0.39, 0.29) is 18.2 Å². The molecule has 3 aromatic rings. The molecule has 0 atom stereocenters. The summed E-state index contributed by atoms with van der Waals surface area (Å²) in [6.45, 7) is 2.05. The highest BCUT2D eigenvalue weighted by molar-refractivity contribution is 7.15. The Morgan fingerprint density at radius 3 is 2.62 bits per heavy atom. The van der Waals surface area contributed by atoms with Crippen LogP contribution in [0.25, 0.3) is 0 Å². The fourth-order valence-electron chi connectivity index (χ4n) is 2.39. The van der Waals surface area contributed by atoms with Crippen LogP contribution in [-0.4, -0.2) is 28.2 Å². The van der Waals surface area contributed by atoms with Crippen LogP contribution in [0.4, 0.5) is 5.13 Å². The van der Waals surface area contributed by atoms with Gasteiger partial charge in [-0.3, -0.25) is 9.59 Å². The molecule has 0 saturated carbocycles. The van der Waals surface area contributed by atoms with Crippen molar-refractivity contribution in [3.8, 4) is 5.75 Å². The van der Waals surface area contributed by atoms with Crippen LogP contribution in [0.15, 0.2) is 47.6 Å². The number of aromatic nitrogens is 2. The number of rotatable bonds is 9. The Morgan fingerprint density at radius 2 is 1.91 bits per heavy atom. The van der Waals surface area contributed by atoms with Crippen molar-refractivity contribution >= 4 is 57.7 Å². The van der Waals surface area contributed by atoms with E-state index in [1.165, 1.54) is 6.21 Å². The Bertz CT molecular complexity index is 1120. The molecule has 11 heteroatoms. The van der Waals surface area contributed by atoms with Crippen molar-refractivity contribution in [2.45, 2.75) is 26.4 Å². The number of hydrogen-bond donors (Lipinski definition) is 2. The topological polar surface area (TPSA) is 106 Å². The molecule has 0 fully saturated rings. The molecule has 0 unspecified atom stereocenters. The number of nitrogens with zero attached hydrogens (tertiary/aromatic N) is 3. The average molecular weight is 492 g/mol. The largest absolute Gasteiger partial charge is 0.489 e. The first-order chi connectivity index (χ1) is 15.4. The summed E-state index contributed by atoms with van der Waals surface area (Å²) in [5.74, 6) is 0.164. The Balaban J connectivity index is 1.45. The lowest BCUT2D eigenvalue weighted by Gasteiger charge is -2.08. The third-order valence-electron chi connectivity index (χ3n) is 4.04. The highest BCUT2D eigenvalue weighted by Crippen LogP contribution is 2.23. The number of carbonyl (C=O) groups excluding carboxylic acids is 2. The molecular weight excluding hydrogens is 473 g/mol. The summed E-state index contributed by atoms with van der Waals surface area (Å²) in [4.78, 5) is 23.3. The molecule has 0 spiro atoms. The summed E-state index contributed by atoms with van der Waals surface area (Å²) >= 11 is 13.2. The predicted molar refractivity (Wildman–Crippen MR) is 126 cm³/mol. The van der Waals surface area contributed by atoms with E-state index in [2.05, 4.69) is 26.0 Å². The van der Waals surface area contributed by atoms with E-state index in [0.717, 1.165) is 22.5 Å². The number of carbonyl (C=O) groups is 2. The van der Waals surface area contributed by atoms with Crippen LogP contribution in [0.3, 0.4) is 0 Å². The minimum atomic E-state index is -0.342. The van der Waals surface area contributed by atoms with Crippen LogP contribution in [0.1, 0.15) is 29.5 Å². The highest BCUT2D eigenvalue weighted by Gasteiger charge is 2.10. The Morgan fingerprint density at radius 1 is 1.12 bits per heavy atom. The zero-order chi connectivity index (χ0) is 22.9. The van der Waals surface area contributed by atoms with Crippen molar-refractivity contribution in [2.24, 2.45) is 5.10 Å². The van der Waals surface area contributed by atoms with E-state index in [9.17, 15) is 9.59 Å². The van der Waals surface area contributed by atoms with Crippen LogP contribution in [-0.2, 0) is 22.6 Å². The Labute approximate surface area is 198 Å². The summed E-state index contributed by atoms with van der Waals surface area (Å²) in [6, 6.07) is 12.4. The predicted octanol–water partition coefficient (Wildman–Crippen LogP) is 4.47. The second-order valence-electron chi connectivity index (χ2n) is 6.47. The minimum absolute atomic E-state index is 0.0110. The second kappa shape index (κ2) is 11.6. The van der Waals surface area contributed by atoms with Gasteiger partial charge in [0.15, 0.2) is 0 Å². The molecule has 0 aliphatic carbocycles. The highest BCUT2D eigenvalue weighted by atomic mass is 35.5. The van der Waals surface area contributed by atoms with Gasteiger partial charge in [0.2, 0.25) is 16.9 Å². The van der Waals surface area contributed by atoms with Crippen LogP contribution in [0.5, 0.6) is 5.75 Å². The second-order valence-corrected chi connectivity index (χ2v) is 8.37. The first kappa shape index (κ1) is 23.6. The van der Waals surface area contributed by atoms with Gasteiger partial charge >= 0.3 is 0 Å². The molecule has 3 rings (SSSR count). The Kier molecular flexibility index (Phi) is 8.55. The average Bonchev–Trinajstić information content (AvgIpc) is 3.20. The SMILES string of the molecule is CCC(=O)Nc1nnc(CC(=O)N/N=C\c2ccc(OCc3ccc(Cl)cc3Cl)cc2)s1. The summed E-state index contributed by atoms with van der Waals surface area (Å²) in [5.41, 5.74) is 4.05. The van der Waals surface area contributed by atoms with E-state index in [1.807, 2.05) is 18.2 Å². The fraction of sp³-hybridized carbons (Fsp3) is 0.190. The van der Waals surface area contributed by atoms with Crippen molar-refractivity contribution in [1.82, 2.24) is 15.6 Å². The van der Waals surface area contributed by atoms with Gasteiger partial charge in [0.1, 0.15) is 17.4 Å². The van der Waals surface area contributed by atoms with Gasteiger partial charge in [-0.1, -0.05) is 47.5 Å². The smallest absolute Gasteiger partial charge is 0.247 e. The van der Waals surface area contributed by atoms with Gasteiger partial charge in [0.05, 0.1) is 12.6 Å². The normalized spacial score (nSPS) is 10.8. The van der Waals surface area contributed by atoms with E-state index >= 15 is 0 Å². The van der Waals surface area contributed by atoms with Gasteiger partial charge in [0.25, 0.3) is 0 Å². The van der Waals surface area contributed by atoms with Crippen molar-refractivity contribution in [3.63, 3.8) is 0 Å². The van der Waals surface area contributed by atoms with Gasteiger partial charge in [-0.05, 0) is 42.0 Å². The molecule has 1 heterocycles. The summed E-state index contributed by atoms with van der Waals surface area (Å²) < 4.78 is 5.73. The monoisotopic (exact) mass is 491 g/mol. The Hall–Kier alpha value is -3.01. The van der Waals surface area contributed by atoms with E-state index in [4.69, 9.17) is 27.9 Å². The van der Waals surface area contributed by atoms with Gasteiger partial charge in [-0.2, -0.15) is 5.10 Å². The summed E-state index contributed by atoms with van der Waals surface area (Å²) in [7, 11) is 0. The first-order valence-electron chi connectivity index (χ1n) is 9.54. The maximum absolute atomic E-state index is 12.0. The third kappa shape index (κ3) is 7.30. The molecular formula is C21H19Cl2N5O3S. The lowest BCUT2D eigenvalue weighted by atomic mass is 10.2. The number of hydrogen-bond acceptors (Lipinski definition) is 7. The molecule has 32 heavy (non-hydrogen) atoms. The molecule has 0 bridgehead atoms. The number of hydrazone groups is 1. The molecule has 0 aliphatic rings. The zero-order valence-corrected chi connectivity index (χ0v) is 19.3. The van der Waals surface area contributed by atoms with Crippen molar-refractivity contribution in [2.75, 3.05) is 5.32 Å². The molecule has 166 valence electrons. The summed E-state index contributed by atoms with van der Waals surface area (Å²) in [6.07, 6.45) is 1.87. The molecule has 2 amide bonds. The molecule has 2 aromatic carbocycles. The molecule has 0 saturated heterocycles. The van der Waals surface area contributed by atoms with Crippen molar-refractivity contribution < 1.29 is 14.3 Å². The fourth-order valence-corrected chi connectivity index (χ4v) is 3.61. The van der Waals surface area contributed by atoms with Crippen LogP contribution < -0.4 is 15.5 Å². The van der Waals surface area contributed by atoms with Crippen LogP contribution >= 0.6 is 34.5 Å². The first-order valence-corrected chi connectivity index (χ1v) is 11.1. The van der Waals surface area contributed by atoms with Crippen molar-refractivity contribution in [1.29, 1.82) is 0 Å². The number of benzene rings is 2. The summed E-state index contributed by atoms with van der Waals surface area (Å²) in [5, 5.41) is 16.2. The van der Waals surface area contributed by atoms with E-state index < -0.39 is 0 Å². The molecule has 0 radical (unpaired) electrons. The maximum Gasteiger partial charge on any atom is 0.247 e. The van der Waals surface area contributed by atoms with E-state index in [1.54, 1.807) is 31.2 Å². The minimum Gasteiger partial charge on any atom is -0.489 e. The number of amides is 2. The van der Waals surface area contributed by atoms with Gasteiger partial charge in [-0.25, -0.2) is 5.43 Å². The zero-order valence-electron chi connectivity index (χ0n) is 17.0. The van der Waals surface area contributed by atoms with Gasteiger partial charge < -0.3 is 10.1 Å². The van der Waals surface area contributed by atoms with Crippen molar-refractivity contribution in [3.05, 3.63) is 68.6 Å². The molecule has 2 N–H and O–H groups in total. The number of nitrogens with one attached hydrogen (secondary N) is 2. The van der Waals surface area contributed by atoms with Crippen LogP contribution in [0.2, 0.25) is 10.0 Å². The maximum atomic E-state index is 12.0. The lowest BCUT2D eigenvalue weighted by Crippen LogP contribution is -2.19. The standard InChI is InChI=1S/C21H19Cl2N5O3S/c1-2-18(29)25-21-28-27-20(32-21)10-19(30)26-24-11-13-3-7-16(8-4-13)31-12-14-5-6-15(22)9-17(14)23/h3-9,11H,2,10,12H2,1H3,(H,26,30)(H,25,28,29)/b24-11-. The van der Waals surface area contributed by atoms with E-state index in [0.29, 0.717) is 39.0 Å². The number of ether oxygens (including phenoxy) is 1. The quantitative estimate of drug-likeness (QED) is 0.339. The number of halogens is 2. The lowest BCUT2D eigenvalue weighted by molar-refractivity contribution is -0.120. The third-order valence-corrected chi connectivity index (χ3v) is 5.46. The molecule has 0 aliphatic heterocycles.